The van der Waals surface area contributed by atoms with Gasteiger partial charge in [-0.05, 0) is 60.2 Å². The van der Waals surface area contributed by atoms with Crippen LogP contribution in [0.3, 0.4) is 0 Å². The van der Waals surface area contributed by atoms with Gasteiger partial charge in [0.15, 0.2) is 0 Å². The number of rotatable bonds is 4. The number of H-pyrrole nitrogens is 1. The van der Waals surface area contributed by atoms with Crippen molar-refractivity contribution in [3.63, 3.8) is 0 Å². The number of carbonyl (C=O) groups excluding carboxylic acids is 1. The molecule has 3 N–H and O–H groups in total. The molecular weight excluding hydrogens is 386 g/mol. The number of nitrogens with one attached hydrogen (secondary N) is 3. The molecule has 0 saturated carbocycles. The number of carbonyl (C=O) groups is 1. The van der Waals surface area contributed by atoms with Gasteiger partial charge in [0.2, 0.25) is 0 Å². The van der Waals surface area contributed by atoms with Crippen molar-refractivity contribution in [2.45, 2.75) is 12.7 Å². The molecule has 0 saturated heterocycles. The van der Waals surface area contributed by atoms with Crippen molar-refractivity contribution < 1.29 is 22.4 Å². The van der Waals surface area contributed by atoms with Crippen LogP contribution in [0.15, 0.2) is 54.7 Å². The molecule has 0 fully saturated rings. The van der Waals surface area contributed by atoms with E-state index in [4.69, 9.17) is 0 Å². The van der Waals surface area contributed by atoms with Crippen molar-refractivity contribution in [2.75, 3.05) is 10.6 Å². The van der Waals surface area contributed by atoms with E-state index < -0.39 is 17.6 Å². The van der Waals surface area contributed by atoms with Crippen LogP contribution in [0, 0.1) is 5.82 Å². The van der Waals surface area contributed by atoms with E-state index in [0.717, 1.165) is 23.9 Å². The molecule has 3 aromatic rings. The number of hydrogen-bond acceptors (Lipinski definition) is 2. The minimum Gasteiger partial charge on any atom is -0.381 e. The minimum atomic E-state index is -4.58. The molecule has 8 heteroatoms. The maximum absolute atomic E-state index is 13.5. The predicted molar refractivity (Wildman–Crippen MR) is 102 cm³/mol. The highest BCUT2D eigenvalue weighted by Gasteiger charge is 2.33. The minimum absolute atomic E-state index is 0.200. The monoisotopic (exact) mass is 401 g/mol. The van der Waals surface area contributed by atoms with E-state index in [1.54, 1.807) is 36.5 Å². The van der Waals surface area contributed by atoms with Gasteiger partial charge in [-0.25, -0.2) is 4.39 Å². The number of anilines is 2. The molecule has 4 rings (SSSR count). The quantitative estimate of drug-likeness (QED) is 0.412. The molecule has 1 aliphatic rings. The predicted octanol–water partition coefficient (Wildman–Crippen LogP) is 5.28. The van der Waals surface area contributed by atoms with E-state index in [2.05, 4.69) is 15.6 Å². The van der Waals surface area contributed by atoms with Crippen molar-refractivity contribution in [1.82, 2.24) is 4.98 Å². The summed E-state index contributed by atoms with van der Waals surface area (Å²) in [6.45, 7) is -0.220. The second-order valence-electron chi connectivity index (χ2n) is 6.55. The van der Waals surface area contributed by atoms with Gasteiger partial charge in [0.05, 0.1) is 11.1 Å². The van der Waals surface area contributed by atoms with Crippen LogP contribution in [-0.2, 0) is 17.5 Å². The molecule has 0 unspecified atom stereocenters. The van der Waals surface area contributed by atoms with Crippen molar-refractivity contribution in [1.29, 1.82) is 0 Å². The smallest absolute Gasteiger partial charge is 0.381 e. The third-order valence-corrected chi connectivity index (χ3v) is 4.58. The molecular formula is C21H15F4N3O. The topological polar surface area (TPSA) is 56.9 Å². The maximum atomic E-state index is 13.5. The van der Waals surface area contributed by atoms with Crippen LogP contribution >= 0.6 is 0 Å². The molecule has 0 spiro atoms. The summed E-state index contributed by atoms with van der Waals surface area (Å²) in [7, 11) is 0. The van der Waals surface area contributed by atoms with Crippen LogP contribution in [-0.4, -0.2) is 10.9 Å². The van der Waals surface area contributed by atoms with Gasteiger partial charge < -0.3 is 15.6 Å². The lowest BCUT2D eigenvalue weighted by Gasteiger charge is -2.14. The zero-order chi connectivity index (χ0) is 20.6. The lowest BCUT2D eigenvalue weighted by molar-refractivity contribution is -0.138. The van der Waals surface area contributed by atoms with E-state index in [1.165, 1.54) is 0 Å². The Morgan fingerprint density at radius 3 is 2.62 bits per heavy atom. The van der Waals surface area contributed by atoms with E-state index in [-0.39, 0.29) is 18.0 Å². The van der Waals surface area contributed by atoms with E-state index >= 15 is 0 Å². The third-order valence-electron chi connectivity index (χ3n) is 4.58. The van der Waals surface area contributed by atoms with E-state index in [0.29, 0.717) is 22.5 Å². The first-order valence-electron chi connectivity index (χ1n) is 8.71. The second-order valence-corrected chi connectivity index (χ2v) is 6.55. The van der Waals surface area contributed by atoms with Crippen LogP contribution in [0.25, 0.3) is 11.6 Å². The number of aromatic nitrogens is 1. The van der Waals surface area contributed by atoms with Crippen LogP contribution in [0.4, 0.5) is 28.9 Å². The fraction of sp³-hybridized carbons (Fsp3) is 0.0952. The molecule has 1 aliphatic heterocycles. The standard InChI is InChI=1S/C21H15F4N3O/c22-13-3-5-18(21(23,24)25)12(8-13)11-27-15-4-6-19-16(9-15)17(20(29)28-19)10-14-2-1-7-26-14/h1-10,26-27H,11H2,(H,28,29). The Balaban J connectivity index is 1.61. The summed E-state index contributed by atoms with van der Waals surface area (Å²) in [6, 6.07) is 11.0. The van der Waals surface area contributed by atoms with Gasteiger partial charge in [-0.15, -0.1) is 0 Å². The molecule has 0 aliphatic carbocycles. The Bertz CT molecular complexity index is 1100. The van der Waals surface area contributed by atoms with Gasteiger partial charge >= 0.3 is 6.18 Å². The molecule has 29 heavy (non-hydrogen) atoms. The molecule has 0 bridgehead atoms. The van der Waals surface area contributed by atoms with Gasteiger partial charge in [-0.3, -0.25) is 4.79 Å². The fourth-order valence-electron chi connectivity index (χ4n) is 3.21. The number of aromatic amines is 1. The summed E-state index contributed by atoms with van der Waals surface area (Å²) >= 11 is 0. The van der Waals surface area contributed by atoms with Crippen molar-refractivity contribution in [3.05, 3.63) is 82.9 Å². The second kappa shape index (κ2) is 7.12. The van der Waals surface area contributed by atoms with Crippen LogP contribution in [0.2, 0.25) is 0 Å². The number of hydrogen-bond donors (Lipinski definition) is 3. The summed E-state index contributed by atoms with van der Waals surface area (Å²) in [5, 5.41) is 5.63. The Kier molecular flexibility index (Phi) is 4.62. The number of halogens is 4. The van der Waals surface area contributed by atoms with Crippen molar-refractivity contribution >= 4 is 28.9 Å². The lowest BCUT2D eigenvalue weighted by Crippen LogP contribution is -2.12. The SMILES string of the molecule is O=C1Nc2ccc(NCc3cc(F)ccc3C(F)(F)F)cc2C1=Cc1ccc[nH]1. The van der Waals surface area contributed by atoms with Crippen LogP contribution < -0.4 is 10.6 Å². The van der Waals surface area contributed by atoms with Gasteiger partial charge in [-0.1, -0.05) is 0 Å². The lowest BCUT2D eigenvalue weighted by atomic mass is 10.0. The highest BCUT2D eigenvalue weighted by Crippen LogP contribution is 2.36. The molecule has 0 radical (unpaired) electrons. The molecule has 2 heterocycles. The Labute approximate surface area is 163 Å². The normalized spacial score (nSPS) is 14.8. The summed E-state index contributed by atoms with van der Waals surface area (Å²) in [5.74, 6) is -1.01. The van der Waals surface area contributed by atoms with Gasteiger partial charge in [0, 0.05) is 35.4 Å². The van der Waals surface area contributed by atoms with Gasteiger partial charge in [0.25, 0.3) is 5.91 Å². The summed E-state index contributed by atoms with van der Waals surface area (Å²) in [5.41, 5.74) is 1.84. The summed E-state index contributed by atoms with van der Waals surface area (Å²) < 4.78 is 52.9. The largest absolute Gasteiger partial charge is 0.416 e. The summed E-state index contributed by atoms with van der Waals surface area (Å²) in [4.78, 5) is 15.2. The average Bonchev–Trinajstić information content (AvgIpc) is 3.27. The first-order chi connectivity index (χ1) is 13.8. The molecule has 0 atom stereocenters. The maximum Gasteiger partial charge on any atom is 0.416 e. The highest BCUT2D eigenvalue weighted by atomic mass is 19.4. The zero-order valence-corrected chi connectivity index (χ0v) is 14.9. The highest BCUT2D eigenvalue weighted by molar-refractivity contribution is 6.35. The van der Waals surface area contributed by atoms with Crippen molar-refractivity contribution in [3.8, 4) is 0 Å². The molecule has 1 amide bonds. The van der Waals surface area contributed by atoms with E-state index in [1.807, 2.05) is 6.07 Å². The molecule has 4 nitrogen and oxygen atoms in total. The number of benzene rings is 2. The average molecular weight is 401 g/mol. The van der Waals surface area contributed by atoms with E-state index in [9.17, 15) is 22.4 Å². The van der Waals surface area contributed by atoms with Crippen molar-refractivity contribution in [2.24, 2.45) is 0 Å². The molecule has 1 aromatic heterocycles. The fourth-order valence-corrected chi connectivity index (χ4v) is 3.21. The Morgan fingerprint density at radius 2 is 1.90 bits per heavy atom. The first-order valence-corrected chi connectivity index (χ1v) is 8.71. The van der Waals surface area contributed by atoms with Crippen LogP contribution in [0.1, 0.15) is 22.4 Å². The number of fused-ring (bicyclic) bond motifs is 1. The number of amides is 1. The molecule has 2 aromatic carbocycles. The summed E-state index contributed by atoms with van der Waals surface area (Å²) in [6.07, 6.45) is -1.15. The van der Waals surface area contributed by atoms with Crippen LogP contribution in [0.5, 0.6) is 0 Å². The Morgan fingerprint density at radius 1 is 1.07 bits per heavy atom. The van der Waals surface area contributed by atoms with Gasteiger partial charge in [0.1, 0.15) is 5.82 Å². The zero-order valence-electron chi connectivity index (χ0n) is 14.9. The number of alkyl halides is 3. The first kappa shape index (κ1) is 18.8. The third kappa shape index (κ3) is 3.87. The Hall–Kier alpha value is -3.55. The molecule has 148 valence electrons. The van der Waals surface area contributed by atoms with Gasteiger partial charge in [-0.2, -0.15) is 13.2 Å².